The van der Waals surface area contributed by atoms with Crippen LogP contribution in [0.4, 0.5) is 18.9 Å². The summed E-state index contributed by atoms with van der Waals surface area (Å²) in [7, 11) is 0. The molecule has 1 unspecified atom stereocenters. The molecule has 5 nitrogen and oxygen atoms in total. The average Bonchev–Trinajstić information content (AvgIpc) is 2.26. The third kappa shape index (κ3) is 2.53. The van der Waals surface area contributed by atoms with Crippen LogP contribution in [0.5, 0.6) is 0 Å². The third-order valence-corrected chi connectivity index (χ3v) is 1.60. The molecule has 1 rings (SSSR count). The molecule has 0 saturated carbocycles. The molecule has 1 N–H and O–H groups in total. The molecule has 0 saturated heterocycles. The van der Waals surface area contributed by atoms with Crippen molar-refractivity contribution in [2.75, 3.05) is 0 Å². The van der Waals surface area contributed by atoms with E-state index >= 15 is 0 Å². The van der Waals surface area contributed by atoms with E-state index in [9.17, 15) is 23.2 Å². The van der Waals surface area contributed by atoms with E-state index in [1.807, 2.05) is 0 Å². The van der Waals surface area contributed by atoms with Gasteiger partial charge in [0.2, 0.25) is 0 Å². The van der Waals surface area contributed by atoms with Crippen LogP contribution in [-0.4, -0.2) is 17.1 Å². The highest BCUT2D eigenvalue weighted by Crippen LogP contribution is 2.13. The van der Waals surface area contributed by atoms with Gasteiger partial charge in [-0.3, -0.25) is 5.06 Å². The Morgan fingerprint density at radius 1 is 1.50 bits per heavy atom. The van der Waals surface area contributed by atoms with Crippen LogP contribution in [0.25, 0.3) is 0 Å². The first-order valence-electron chi connectivity index (χ1n) is 3.88. The minimum absolute atomic E-state index is 0.0593. The lowest BCUT2D eigenvalue weighted by Crippen LogP contribution is -3.07. The number of nitrogens with one attached hydrogen (secondary N) is 1. The predicted octanol–water partition coefficient (Wildman–Crippen LogP) is 0.0564. The van der Waals surface area contributed by atoms with Gasteiger partial charge in [0.15, 0.2) is 5.69 Å². The van der Waals surface area contributed by atoms with Gasteiger partial charge in [0.1, 0.15) is 11.8 Å². The molecule has 8 heteroatoms. The van der Waals surface area contributed by atoms with E-state index < -0.39 is 22.8 Å². The van der Waals surface area contributed by atoms with E-state index in [0.717, 1.165) is 18.3 Å². The number of carbonyl (C=O) groups excluding carboxylic acids is 1. The monoisotopic (exact) mass is 231 g/mol. The maximum Gasteiger partial charge on any atom is 0.510 e. The number of carbonyl (C=O) groups is 1. The standard InChI is InChI=1S/C8H4F3N3O2/c9-8(10,11)7(15)14(16)6-2-1-5(3-12)13-4-6/h1-2,4,14H. The summed E-state index contributed by atoms with van der Waals surface area (Å²) in [5.74, 6) is -2.46. The fourth-order valence-corrected chi connectivity index (χ4v) is 0.854. The lowest BCUT2D eigenvalue weighted by molar-refractivity contribution is -0.698. The van der Waals surface area contributed by atoms with Crippen molar-refractivity contribution in [2.45, 2.75) is 6.18 Å². The fraction of sp³-hybridized carbons (Fsp3) is 0.125. The number of amides is 1. The highest BCUT2D eigenvalue weighted by molar-refractivity contribution is 5.75. The highest BCUT2D eigenvalue weighted by Gasteiger charge is 2.45. The molecule has 16 heavy (non-hydrogen) atoms. The molecule has 0 radical (unpaired) electrons. The van der Waals surface area contributed by atoms with Crippen molar-refractivity contribution in [1.29, 1.82) is 5.26 Å². The highest BCUT2D eigenvalue weighted by atomic mass is 19.4. The minimum Gasteiger partial charge on any atom is -0.621 e. The summed E-state index contributed by atoms with van der Waals surface area (Å²) < 4.78 is 35.7. The molecule has 0 aliphatic carbocycles. The number of nitriles is 1. The van der Waals surface area contributed by atoms with E-state index in [1.54, 1.807) is 6.07 Å². The van der Waals surface area contributed by atoms with E-state index in [-0.39, 0.29) is 5.69 Å². The van der Waals surface area contributed by atoms with Crippen molar-refractivity contribution in [2.24, 2.45) is 0 Å². The van der Waals surface area contributed by atoms with Gasteiger partial charge in [-0.2, -0.15) is 18.4 Å². The van der Waals surface area contributed by atoms with Gasteiger partial charge in [0.05, 0.1) is 6.20 Å². The third-order valence-electron chi connectivity index (χ3n) is 1.60. The van der Waals surface area contributed by atoms with Crippen molar-refractivity contribution in [1.82, 2.24) is 4.98 Å². The summed E-state index contributed by atoms with van der Waals surface area (Å²) in [6.45, 7) is 0. The second-order valence-electron chi connectivity index (χ2n) is 2.70. The Morgan fingerprint density at radius 3 is 2.50 bits per heavy atom. The molecule has 0 aliphatic heterocycles. The molecule has 1 amide bonds. The molecular weight excluding hydrogens is 227 g/mol. The summed E-state index contributed by atoms with van der Waals surface area (Å²) in [6.07, 6.45) is -4.45. The number of rotatable bonds is 1. The van der Waals surface area contributed by atoms with Gasteiger partial charge in [-0.15, -0.1) is 0 Å². The van der Waals surface area contributed by atoms with Crippen LogP contribution in [0.15, 0.2) is 18.3 Å². The van der Waals surface area contributed by atoms with Crippen LogP contribution in [0.2, 0.25) is 0 Å². The summed E-state index contributed by atoms with van der Waals surface area (Å²) in [6, 6.07) is 3.62. The summed E-state index contributed by atoms with van der Waals surface area (Å²) in [4.78, 5) is 13.9. The Balaban J connectivity index is 2.94. The maximum atomic E-state index is 11.9. The Kier molecular flexibility index (Phi) is 3.22. The smallest absolute Gasteiger partial charge is 0.510 e. The molecule has 0 fully saturated rings. The van der Waals surface area contributed by atoms with E-state index in [4.69, 9.17) is 5.26 Å². The fourth-order valence-electron chi connectivity index (χ4n) is 0.854. The Labute approximate surface area is 87.3 Å². The quantitative estimate of drug-likeness (QED) is 0.692. The zero-order valence-electron chi connectivity index (χ0n) is 7.58. The largest absolute Gasteiger partial charge is 0.621 e. The van der Waals surface area contributed by atoms with Gasteiger partial charge in [0, 0.05) is 6.07 Å². The first-order chi connectivity index (χ1) is 7.36. The Hall–Kier alpha value is -1.98. The Morgan fingerprint density at radius 2 is 2.12 bits per heavy atom. The zero-order chi connectivity index (χ0) is 12.3. The topological polar surface area (TPSA) is 81.2 Å². The second-order valence-corrected chi connectivity index (χ2v) is 2.70. The van der Waals surface area contributed by atoms with Crippen molar-refractivity contribution >= 4 is 11.6 Å². The van der Waals surface area contributed by atoms with Crippen LogP contribution in [-0.2, 0) is 4.79 Å². The zero-order valence-corrected chi connectivity index (χ0v) is 7.58. The lowest BCUT2D eigenvalue weighted by atomic mass is 10.3. The van der Waals surface area contributed by atoms with Gasteiger partial charge in [-0.1, -0.05) is 0 Å². The SMILES string of the molecule is N#Cc1ccc([NH+]([O-])C(=O)C(F)(F)F)cn1. The number of nitrogens with zero attached hydrogens (tertiary/aromatic N) is 2. The normalized spacial score (nSPS) is 12.9. The van der Waals surface area contributed by atoms with Gasteiger partial charge in [-0.25, -0.2) is 9.78 Å². The van der Waals surface area contributed by atoms with Crippen LogP contribution in [0.3, 0.4) is 0 Å². The number of hydrogen-bond acceptors (Lipinski definition) is 4. The Bertz CT molecular complexity index is 435. The number of pyridine rings is 1. The molecule has 0 bridgehead atoms. The number of hydrogen-bond donors (Lipinski definition) is 1. The van der Waals surface area contributed by atoms with Crippen LogP contribution >= 0.6 is 0 Å². The van der Waals surface area contributed by atoms with Crippen molar-refractivity contribution in [3.05, 3.63) is 29.2 Å². The first kappa shape index (κ1) is 12.1. The van der Waals surface area contributed by atoms with Crippen LogP contribution < -0.4 is 5.06 Å². The molecule has 0 spiro atoms. The summed E-state index contributed by atoms with van der Waals surface area (Å²) >= 11 is 0. The maximum absolute atomic E-state index is 11.9. The molecule has 1 aromatic heterocycles. The molecule has 0 aromatic carbocycles. The number of hydroxylamine groups is 1. The molecule has 1 heterocycles. The minimum atomic E-state index is -5.20. The number of halogens is 3. The van der Waals surface area contributed by atoms with Gasteiger partial charge >= 0.3 is 12.1 Å². The van der Waals surface area contributed by atoms with E-state index in [2.05, 4.69) is 4.98 Å². The molecule has 1 aromatic rings. The predicted molar refractivity (Wildman–Crippen MR) is 44.0 cm³/mol. The van der Waals surface area contributed by atoms with E-state index in [1.165, 1.54) is 0 Å². The molecule has 1 atom stereocenters. The van der Waals surface area contributed by atoms with E-state index in [0.29, 0.717) is 0 Å². The van der Waals surface area contributed by atoms with Crippen molar-refractivity contribution in [3.63, 3.8) is 0 Å². The van der Waals surface area contributed by atoms with Crippen molar-refractivity contribution in [3.8, 4) is 6.07 Å². The second kappa shape index (κ2) is 4.26. The first-order valence-corrected chi connectivity index (χ1v) is 3.88. The average molecular weight is 231 g/mol. The summed E-state index contributed by atoms with van der Waals surface area (Å²) in [5.41, 5.74) is -0.558. The van der Waals surface area contributed by atoms with Gasteiger partial charge < -0.3 is 5.21 Å². The molecular formula is C8H4F3N3O2. The lowest BCUT2D eigenvalue weighted by Gasteiger charge is -2.19. The number of quaternary nitrogens is 1. The van der Waals surface area contributed by atoms with Gasteiger partial charge in [0.25, 0.3) is 0 Å². The van der Waals surface area contributed by atoms with Crippen LogP contribution in [0.1, 0.15) is 5.69 Å². The number of aromatic nitrogens is 1. The van der Waals surface area contributed by atoms with Crippen molar-refractivity contribution < 1.29 is 23.0 Å². The molecule has 0 aliphatic rings. The van der Waals surface area contributed by atoms with Gasteiger partial charge in [-0.05, 0) is 6.07 Å². The number of alkyl halides is 3. The summed E-state index contributed by atoms with van der Waals surface area (Å²) in [5, 5.41) is 17.7. The molecule has 84 valence electrons. The van der Waals surface area contributed by atoms with Crippen LogP contribution in [0, 0.1) is 16.5 Å².